The first kappa shape index (κ1) is 20.6. The van der Waals surface area contributed by atoms with Gasteiger partial charge < -0.3 is 10.1 Å². The second kappa shape index (κ2) is 8.97. The molecule has 0 saturated carbocycles. The number of anilines is 1. The van der Waals surface area contributed by atoms with Crippen molar-refractivity contribution in [2.45, 2.75) is 6.54 Å². The van der Waals surface area contributed by atoms with Gasteiger partial charge in [-0.05, 0) is 66.2 Å². The minimum atomic E-state index is -0.356. The highest BCUT2D eigenvalue weighted by Gasteiger charge is 2.19. The molecule has 0 saturated heterocycles. The SMILES string of the molecule is COc1ccc(-c2nc(NCc3ccc(F)cc3)n(C(=O)c3ccc(Cl)cc3)n2)cc1. The van der Waals surface area contributed by atoms with Crippen LogP contribution < -0.4 is 10.1 Å². The molecule has 1 aromatic heterocycles. The quantitative estimate of drug-likeness (QED) is 0.458. The molecule has 0 aliphatic carbocycles. The number of aromatic nitrogens is 3. The lowest BCUT2D eigenvalue weighted by Gasteiger charge is -2.07. The Morgan fingerprint density at radius 2 is 1.71 bits per heavy atom. The number of carbonyl (C=O) groups excluding carboxylic acids is 1. The van der Waals surface area contributed by atoms with Crippen LogP contribution in [0.2, 0.25) is 5.02 Å². The number of hydrogen-bond acceptors (Lipinski definition) is 5. The maximum atomic E-state index is 13.2. The molecule has 0 atom stereocenters. The topological polar surface area (TPSA) is 69.0 Å². The van der Waals surface area contributed by atoms with Gasteiger partial charge in [0.15, 0.2) is 5.82 Å². The molecule has 0 aliphatic rings. The monoisotopic (exact) mass is 436 g/mol. The lowest BCUT2D eigenvalue weighted by Crippen LogP contribution is -2.17. The Hall–Kier alpha value is -3.71. The van der Waals surface area contributed by atoms with Crippen molar-refractivity contribution < 1.29 is 13.9 Å². The van der Waals surface area contributed by atoms with Crippen LogP contribution in [0.15, 0.2) is 72.8 Å². The van der Waals surface area contributed by atoms with Gasteiger partial charge in [0.05, 0.1) is 7.11 Å². The third kappa shape index (κ3) is 4.73. The molecule has 8 heteroatoms. The van der Waals surface area contributed by atoms with Gasteiger partial charge in [-0.2, -0.15) is 9.67 Å². The molecule has 0 unspecified atom stereocenters. The van der Waals surface area contributed by atoms with Crippen LogP contribution in [-0.4, -0.2) is 27.8 Å². The Labute approximate surface area is 183 Å². The summed E-state index contributed by atoms with van der Waals surface area (Å²) in [5, 5.41) is 8.07. The minimum absolute atomic E-state index is 0.273. The number of rotatable bonds is 6. The highest BCUT2D eigenvalue weighted by Crippen LogP contribution is 2.22. The summed E-state index contributed by atoms with van der Waals surface area (Å²) < 4.78 is 19.6. The number of carbonyl (C=O) groups is 1. The fourth-order valence-corrected chi connectivity index (χ4v) is 3.05. The van der Waals surface area contributed by atoms with Crippen LogP contribution in [0.1, 0.15) is 15.9 Å². The normalized spacial score (nSPS) is 10.7. The van der Waals surface area contributed by atoms with E-state index in [2.05, 4.69) is 15.4 Å². The van der Waals surface area contributed by atoms with Crippen molar-refractivity contribution in [1.29, 1.82) is 0 Å². The molecule has 0 radical (unpaired) electrons. The standard InChI is InChI=1S/C23H18ClFN4O2/c1-31-20-12-6-16(7-13-20)21-27-23(26-14-15-2-10-19(25)11-3-15)29(28-21)22(30)17-4-8-18(24)9-5-17/h2-13H,14H2,1H3,(H,26,27,28). The van der Waals surface area contributed by atoms with Gasteiger partial charge in [-0.25, -0.2) is 4.39 Å². The van der Waals surface area contributed by atoms with Crippen molar-refractivity contribution in [3.05, 3.63) is 94.8 Å². The fourth-order valence-electron chi connectivity index (χ4n) is 2.93. The van der Waals surface area contributed by atoms with E-state index in [0.29, 0.717) is 28.7 Å². The summed E-state index contributed by atoms with van der Waals surface area (Å²) >= 11 is 5.94. The highest BCUT2D eigenvalue weighted by molar-refractivity contribution is 6.30. The molecule has 4 aromatic rings. The van der Waals surface area contributed by atoms with Crippen molar-refractivity contribution in [1.82, 2.24) is 14.8 Å². The minimum Gasteiger partial charge on any atom is -0.497 e. The average Bonchev–Trinajstić information content (AvgIpc) is 3.23. The third-order valence-corrected chi connectivity index (χ3v) is 4.85. The van der Waals surface area contributed by atoms with Gasteiger partial charge in [0.25, 0.3) is 5.91 Å². The molecule has 0 amide bonds. The zero-order valence-electron chi connectivity index (χ0n) is 16.5. The molecular weight excluding hydrogens is 419 g/mol. The largest absolute Gasteiger partial charge is 0.497 e. The van der Waals surface area contributed by atoms with Crippen LogP contribution in [-0.2, 0) is 6.54 Å². The van der Waals surface area contributed by atoms with Crippen LogP contribution in [0.5, 0.6) is 5.75 Å². The van der Waals surface area contributed by atoms with Crippen molar-refractivity contribution >= 4 is 23.5 Å². The van der Waals surface area contributed by atoms with Crippen LogP contribution in [0.25, 0.3) is 11.4 Å². The Kier molecular flexibility index (Phi) is 5.95. The lowest BCUT2D eigenvalue weighted by molar-refractivity contribution is 0.0947. The second-order valence-corrected chi connectivity index (χ2v) is 7.13. The van der Waals surface area contributed by atoms with Crippen molar-refractivity contribution in [2.24, 2.45) is 0 Å². The molecule has 0 fully saturated rings. The van der Waals surface area contributed by atoms with Gasteiger partial charge in [-0.3, -0.25) is 4.79 Å². The Bertz CT molecular complexity index is 1190. The molecule has 3 aromatic carbocycles. The predicted molar refractivity (Wildman–Crippen MR) is 117 cm³/mol. The van der Waals surface area contributed by atoms with Gasteiger partial charge in [-0.15, -0.1) is 5.10 Å². The zero-order valence-corrected chi connectivity index (χ0v) is 17.3. The molecular formula is C23H18ClFN4O2. The Morgan fingerprint density at radius 1 is 1.03 bits per heavy atom. The fraction of sp³-hybridized carbons (Fsp3) is 0.0870. The summed E-state index contributed by atoms with van der Waals surface area (Å²) in [7, 11) is 1.59. The summed E-state index contributed by atoms with van der Waals surface area (Å²) in [6.07, 6.45) is 0. The summed E-state index contributed by atoms with van der Waals surface area (Å²) in [6.45, 7) is 0.342. The number of halogens is 2. The smallest absolute Gasteiger partial charge is 0.281 e. The summed E-state index contributed by atoms with van der Waals surface area (Å²) in [4.78, 5) is 17.6. The number of hydrogen-bond donors (Lipinski definition) is 1. The van der Waals surface area contributed by atoms with E-state index in [0.717, 1.165) is 11.1 Å². The summed E-state index contributed by atoms with van der Waals surface area (Å²) in [5.41, 5.74) is 1.98. The number of nitrogens with zero attached hydrogens (tertiary/aromatic N) is 3. The van der Waals surface area contributed by atoms with Crippen molar-refractivity contribution in [3.8, 4) is 17.1 Å². The highest BCUT2D eigenvalue weighted by atomic mass is 35.5. The van der Waals surface area contributed by atoms with Gasteiger partial charge >= 0.3 is 0 Å². The first-order chi connectivity index (χ1) is 15.0. The Morgan fingerprint density at radius 3 is 2.35 bits per heavy atom. The average molecular weight is 437 g/mol. The number of ether oxygens (including phenoxy) is 1. The second-order valence-electron chi connectivity index (χ2n) is 6.69. The molecule has 0 aliphatic heterocycles. The van der Waals surface area contributed by atoms with E-state index in [1.807, 2.05) is 12.1 Å². The summed E-state index contributed by atoms with van der Waals surface area (Å²) in [6, 6.07) is 19.8. The predicted octanol–water partition coefficient (Wildman–Crippen LogP) is 5.05. The molecule has 156 valence electrons. The number of benzene rings is 3. The van der Waals surface area contributed by atoms with Crippen LogP contribution in [0, 0.1) is 5.82 Å². The molecule has 6 nitrogen and oxygen atoms in total. The van der Waals surface area contributed by atoms with Gasteiger partial charge in [-0.1, -0.05) is 23.7 Å². The molecule has 1 N–H and O–H groups in total. The summed E-state index contributed by atoms with van der Waals surface area (Å²) in [5.74, 6) is 0.689. The van der Waals surface area contributed by atoms with Gasteiger partial charge in [0.2, 0.25) is 5.95 Å². The van der Waals surface area contributed by atoms with E-state index in [1.54, 1.807) is 55.6 Å². The van der Waals surface area contributed by atoms with Crippen molar-refractivity contribution in [2.75, 3.05) is 12.4 Å². The van der Waals surface area contributed by atoms with Gasteiger partial charge in [0, 0.05) is 22.7 Å². The van der Waals surface area contributed by atoms with Crippen LogP contribution in [0.3, 0.4) is 0 Å². The first-order valence-corrected chi connectivity index (χ1v) is 9.81. The maximum Gasteiger partial charge on any atom is 0.281 e. The van der Waals surface area contributed by atoms with E-state index in [-0.39, 0.29) is 17.7 Å². The molecule has 0 bridgehead atoms. The van der Waals surface area contributed by atoms with Crippen LogP contribution in [0.4, 0.5) is 10.3 Å². The molecule has 1 heterocycles. The Balaban J connectivity index is 1.67. The molecule has 4 rings (SSSR count). The van der Waals surface area contributed by atoms with E-state index in [1.165, 1.54) is 16.8 Å². The van der Waals surface area contributed by atoms with E-state index < -0.39 is 0 Å². The maximum absolute atomic E-state index is 13.2. The van der Waals surface area contributed by atoms with E-state index in [9.17, 15) is 9.18 Å². The van der Waals surface area contributed by atoms with E-state index >= 15 is 0 Å². The molecule has 0 spiro atoms. The lowest BCUT2D eigenvalue weighted by atomic mass is 10.2. The number of nitrogens with one attached hydrogen (secondary N) is 1. The van der Waals surface area contributed by atoms with Crippen LogP contribution >= 0.6 is 11.6 Å². The third-order valence-electron chi connectivity index (χ3n) is 4.60. The zero-order chi connectivity index (χ0) is 21.8. The molecule has 31 heavy (non-hydrogen) atoms. The van der Waals surface area contributed by atoms with E-state index in [4.69, 9.17) is 16.3 Å². The van der Waals surface area contributed by atoms with Gasteiger partial charge in [0.1, 0.15) is 11.6 Å². The number of methoxy groups -OCH3 is 1. The van der Waals surface area contributed by atoms with Crippen molar-refractivity contribution in [3.63, 3.8) is 0 Å². The first-order valence-electron chi connectivity index (χ1n) is 9.43.